The molecule has 4 rings (SSSR count). The summed E-state index contributed by atoms with van der Waals surface area (Å²) in [7, 11) is -4.28. The number of unbranched alkanes of at least 4 members (excludes halogenated alkanes) is 1. The van der Waals surface area contributed by atoms with Crippen LogP contribution < -0.4 is 9.62 Å². The van der Waals surface area contributed by atoms with Crippen LogP contribution in [0.3, 0.4) is 0 Å². The largest absolute Gasteiger partial charge is 0.354 e. The van der Waals surface area contributed by atoms with E-state index in [2.05, 4.69) is 5.32 Å². The van der Waals surface area contributed by atoms with Crippen LogP contribution >= 0.6 is 23.2 Å². The zero-order chi connectivity index (χ0) is 31.5. The monoisotopic (exact) mass is 651 g/mol. The van der Waals surface area contributed by atoms with Gasteiger partial charge in [-0.05, 0) is 47.9 Å². The van der Waals surface area contributed by atoms with Gasteiger partial charge in [0.15, 0.2) is 0 Å². The van der Waals surface area contributed by atoms with Crippen LogP contribution in [0.2, 0.25) is 10.0 Å². The second kappa shape index (κ2) is 15.7. The maximum absolute atomic E-state index is 14.4. The van der Waals surface area contributed by atoms with Crippen LogP contribution in [-0.2, 0) is 32.6 Å². The molecular formula is C34H35Cl2N3O4S. The summed E-state index contributed by atoms with van der Waals surface area (Å²) in [6.07, 6.45) is 1.91. The summed E-state index contributed by atoms with van der Waals surface area (Å²) < 4.78 is 29.1. The molecule has 0 bridgehead atoms. The molecule has 7 nitrogen and oxygen atoms in total. The third-order valence-corrected chi connectivity index (χ3v) is 9.41. The Balaban J connectivity index is 1.79. The van der Waals surface area contributed by atoms with Crippen molar-refractivity contribution in [2.45, 2.75) is 43.7 Å². The molecule has 230 valence electrons. The van der Waals surface area contributed by atoms with Crippen LogP contribution in [0.15, 0.2) is 114 Å². The van der Waals surface area contributed by atoms with Crippen LogP contribution in [0.5, 0.6) is 0 Å². The Kier molecular flexibility index (Phi) is 11.8. The third kappa shape index (κ3) is 8.62. The first kappa shape index (κ1) is 33.1. The van der Waals surface area contributed by atoms with E-state index < -0.39 is 28.5 Å². The van der Waals surface area contributed by atoms with Crippen molar-refractivity contribution in [1.29, 1.82) is 0 Å². The Bertz CT molecular complexity index is 1640. The Morgan fingerprint density at radius 1 is 0.818 bits per heavy atom. The summed E-state index contributed by atoms with van der Waals surface area (Å²) in [6, 6.07) is 30.1. The van der Waals surface area contributed by atoms with E-state index in [4.69, 9.17) is 23.2 Å². The van der Waals surface area contributed by atoms with Crippen molar-refractivity contribution in [3.8, 4) is 0 Å². The van der Waals surface area contributed by atoms with Gasteiger partial charge in [0.05, 0.1) is 15.6 Å². The SMILES string of the molecule is CCCCNC(=O)[C@H](Cc1ccccc1)N(Cc1ccccc1)C(=O)CN(c1cc(Cl)ccc1Cl)S(=O)(=O)c1ccccc1. The fourth-order valence-electron chi connectivity index (χ4n) is 4.75. The summed E-state index contributed by atoms with van der Waals surface area (Å²) >= 11 is 12.8. The van der Waals surface area contributed by atoms with Gasteiger partial charge >= 0.3 is 0 Å². The number of carbonyl (C=O) groups is 2. The zero-order valence-corrected chi connectivity index (χ0v) is 26.7. The third-order valence-electron chi connectivity index (χ3n) is 7.08. The van der Waals surface area contributed by atoms with Gasteiger partial charge in [-0.2, -0.15) is 0 Å². The van der Waals surface area contributed by atoms with E-state index in [1.54, 1.807) is 24.3 Å². The Morgan fingerprint density at radius 2 is 1.41 bits per heavy atom. The first-order valence-electron chi connectivity index (χ1n) is 14.4. The topological polar surface area (TPSA) is 86.8 Å². The standard InChI is InChI=1S/C34H35Cl2N3O4S/c1-2-3-21-37-34(41)32(22-26-13-7-4-8-14-26)38(24-27-15-9-5-10-16-27)33(40)25-39(31-23-28(35)19-20-30(31)36)44(42,43)29-17-11-6-12-18-29/h4-20,23,32H,2-3,21-22,24-25H2,1H3,(H,37,41)/t32-/m0/s1. The molecule has 0 heterocycles. The van der Waals surface area contributed by atoms with E-state index in [9.17, 15) is 18.0 Å². The lowest BCUT2D eigenvalue weighted by Gasteiger charge is -2.34. The number of hydrogen-bond donors (Lipinski definition) is 1. The van der Waals surface area contributed by atoms with E-state index in [0.717, 1.165) is 28.3 Å². The smallest absolute Gasteiger partial charge is 0.264 e. The second-order valence-electron chi connectivity index (χ2n) is 10.3. The predicted octanol–water partition coefficient (Wildman–Crippen LogP) is 6.75. The van der Waals surface area contributed by atoms with E-state index in [0.29, 0.717) is 6.54 Å². The van der Waals surface area contributed by atoms with Gasteiger partial charge < -0.3 is 10.2 Å². The number of hydrogen-bond acceptors (Lipinski definition) is 4. The summed E-state index contributed by atoms with van der Waals surface area (Å²) in [6.45, 7) is 1.96. The molecule has 0 aliphatic heterocycles. The molecule has 0 aliphatic carbocycles. The summed E-state index contributed by atoms with van der Waals surface area (Å²) in [5.41, 5.74) is 1.71. The van der Waals surface area contributed by atoms with Crippen LogP contribution in [-0.4, -0.2) is 44.3 Å². The van der Waals surface area contributed by atoms with Gasteiger partial charge in [-0.25, -0.2) is 8.42 Å². The number of rotatable bonds is 14. The highest BCUT2D eigenvalue weighted by Gasteiger charge is 2.35. The molecule has 1 atom stereocenters. The lowest BCUT2D eigenvalue weighted by atomic mass is 10.0. The van der Waals surface area contributed by atoms with Crippen LogP contribution in [0.4, 0.5) is 5.69 Å². The van der Waals surface area contributed by atoms with Gasteiger partial charge in [0.1, 0.15) is 12.6 Å². The number of nitrogens with zero attached hydrogens (tertiary/aromatic N) is 2. The number of anilines is 1. The molecule has 4 aromatic carbocycles. The number of benzene rings is 4. The van der Waals surface area contributed by atoms with Crippen molar-refractivity contribution in [1.82, 2.24) is 10.2 Å². The predicted molar refractivity (Wildman–Crippen MR) is 176 cm³/mol. The van der Waals surface area contributed by atoms with Crippen LogP contribution in [0.25, 0.3) is 0 Å². The van der Waals surface area contributed by atoms with Gasteiger partial charge in [-0.3, -0.25) is 13.9 Å². The average molecular weight is 653 g/mol. The average Bonchev–Trinajstić information content (AvgIpc) is 3.04. The molecule has 1 N–H and O–H groups in total. The summed E-state index contributed by atoms with van der Waals surface area (Å²) in [5.74, 6) is -0.888. The maximum atomic E-state index is 14.4. The van der Waals surface area contributed by atoms with E-state index >= 15 is 0 Å². The quantitative estimate of drug-likeness (QED) is 0.153. The zero-order valence-electron chi connectivity index (χ0n) is 24.4. The van der Waals surface area contributed by atoms with Crippen molar-refractivity contribution < 1.29 is 18.0 Å². The number of nitrogens with one attached hydrogen (secondary N) is 1. The number of carbonyl (C=O) groups excluding carboxylic acids is 2. The normalized spacial score (nSPS) is 11.9. The minimum atomic E-state index is -4.28. The van der Waals surface area contributed by atoms with Crippen molar-refractivity contribution in [3.05, 3.63) is 130 Å². The molecule has 0 radical (unpaired) electrons. The number of amides is 2. The Morgan fingerprint density at radius 3 is 2.02 bits per heavy atom. The molecule has 0 aliphatic rings. The molecule has 0 spiro atoms. The molecule has 0 saturated heterocycles. The first-order valence-corrected chi connectivity index (χ1v) is 16.6. The van der Waals surface area contributed by atoms with Crippen molar-refractivity contribution in [3.63, 3.8) is 0 Å². The van der Waals surface area contributed by atoms with E-state index in [1.165, 1.54) is 29.2 Å². The molecule has 4 aromatic rings. The van der Waals surface area contributed by atoms with Gasteiger partial charge in [-0.15, -0.1) is 0 Å². The van der Waals surface area contributed by atoms with Crippen LogP contribution in [0.1, 0.15) is 30.9 Å². The molecule has 2 amide bonds. The first-order chi connectivity index (χ1) is 21.2. The minimum absolute atomic E-state index is 0.0170. The minimum Gasteiger partial charge on any atom is -0.354 e. The van der Waals surface area contributed by atoms with E-state index in [-0.39, 0.29) is 39.5 Å². The Labute approximate surface area is 269 Å². The maximum Gasteiger partial charge on any atom is 0.264 e. The lowest BCUT2D eigenvalue weighted by Crippen LogP contribution is -2.53. The fourth-order valence-corrected chi connectivity index (χ4v) is 6.63. The highest BCUT2D eigenvalue weighted by molar-refractivity contribution is 7.92. The molecule has 0 fully saturated rings. The van der Waals surface area contributed by atoms with E-state index in [1.807, 2.05) is 67.6 Å². The van der Waals surface area contributed by atoms with Crippen molar-refractivity contribution in [2.24, 2.45) is 0 Å². The highest BCUT2D eigenvalue weighted by atomic mass is 35.5. The molecule has 0 saturated carbocycles. The van der Waals surface area contributed by atoms with Gasteiger partial charge in [0.2, 0.25) is 11.8 Å². The molecule has 44 heavy (non-hydrogen) atoms. The highest BCUT2D eigenvalue weighted by Crippen LogP contribution is 2.33. The van der Waals surface area contributed by atoms with Gasteiger partial charge in [-0.1, -0.05) is 115 Å². The molecule has 0 aromatic heterocycles. The molecule has 10 heteroatoms. The fraction of sp³-hybridized carbons (Fsp3) is 0.235. The van der Waals surface area contributed by atoms with Crippen molar-refractivity contribution in [2.75, 3.05) is 17.4 Å². The molecule has 0 unspecified atom stereocenters. The Hall–Kier alpha value is -3.85. The van der Waals surface area contributed by atoms with Gasteiger partial charge in [0.25, 0.3) is 10.0 Å². The summed E-state index contributed by atoms with van der Waals surface area (Å²) in [5, 5.41) is 3.34. The van der Waals surface area contributed by atoms with Crippen LogP contribution in [0, 0.1) is 0 Å². The lowest BCUT2D eigenvalue weighted by molar-refractivity contribution is -0.140. The summed E-state index contributed by atoms with van der Waals surface area (Å²) in [4.78, 5) is 29.6. The molecular weight excluding hydrogens is 617 g/mol. The second-order valence-corrected chi connectivity index (χ2v) is 13.0. The van der Waals surface area contributed by atoms with Gasteiger partial charge in [0, 0.05) is 24.5 Å². The number of halogens is 2. The number of sulfonamides is 1. The van der Waals surface area contributed by atoms with Crippen molar-refractivity contribution >= 4 is 50.7 Å².